The van der Waals surface area contributed by atoms with Crippen molar-refractivity contribution in [3.63, 3.8) is 0 Å². The first kappa shape index (κ1) is 25.5. The molecule has 2 atom stereocenters. The fourth-order valence-electron chi connectivity index (χ4n) is 5.80. The molecule has 2 N–H and O–H groups in total. The number of nitrogens with zero attached hydrogens (tertiary/aromatic N) is 1. The van der Waals surface area contributed by atoms with Gasteiger partial charge in [-0.15, -0.1) is 6.58 Å². The number of rotatable bonds is 7. The van der Waals surface area contributed by atoms with Gasteiger partial charge >= 0.3 is 0 Å². The number of hydrogen-bond acceptors (Lipinski definition) is 3. The van der Waals surface area contributed by atoms with Crippen molar-refractivity contribution in [2.24, 2.45) is 5.92 Å². The van der Waals surface area contributed by atoms with E-state index in [-0.39, 0.29) is 23.3 Å². The van der Waals surface area contributed by atoms with Gasteiger partial charge in [0, 0.05) is 18.5 Å². The predicted molar refractivity (Wildman–Crippen MR) is 135 cm³/mol. The van der Waals surface area contributed by atoms with E-state index in [1.807, 2.05) is 26.8 Å². The smallest absolute Gasteiger partial charge is 0.246 e. The lowest BCUT2D eigenvalue weighted by atomic mass is 9.73. The van der Waals surface area contributed by atoms with Crippen LogP contribution in [0, 0.1) is 5.92 Å². The van der Waals surface area contributed by atoms with Crippen LogP contribution in [-0.4, -0.2) is 40.9 Å². The number of carbonyl (C=O) groups excluding carboxylic acids is 2. The first-order valence-corrected chi connectivity index (χ1v) is 12.7. The molecule has 1 heterocycles. The van der Waals surface area contributed by atoms with Gasteiger partial charge in [0.25, 0.3) is 0 Å². The molecule has 0 saturated carbocycles. The number of amides is 2. The van der Waals surface area contributed by atoms with E-state index < -0.39 is 5.54 Å². The average Bonchev–Trinajstić information content (AvgIpc) is 2.98. The van der Waals surface area contributed by atoms with Crippen LogP contribution in [0.15, 0.2) is 36.9 Å². The number of fused-ring (bicyclic) bond motifs is 1. The van der Waals surface area contributed by atoms with Crippen LogP contribution in [0.1, 0.15) is 89.8 Å². The molecule has 2 unspecified atom stereocenters. The predicted octanol–water partition coefficient (Wildman–Crippen LogP) is 4.92. The summed E-state index contributed by atoms with van der Waals surface area (Å²) in [6.07, 6.45) is 9.78. The molecule has 1 aromatic rings. The molecule has 1 aliphatic carbocycles. The topological polar surface area (TPSA) is 61.4 Å². The van der Waals surface area contributed by atoms with E-state index in [2.05, 4.69) is 46.4 Å². The third-order valence-corrected chi connectivity index (χ3v) is 7.29. The second-order valence-electron chi connectivity index (χ2n) is 11.0. The molecule has 1 aliphatic heterocycles. The van der Waals surface area contributed by atoms with Crippen molar-refractivity contribution in [2.75, 3.05) is 13.1 Å². The highest BCUT2D eigenvalue weighted by Gasteiger charge is 2.48. The fourth-order valence-corrected chi connectivity index (χ4v) is 5.80. The highest BCUT2D eigenvalue weighted by Crippen LogP contribution is 2.39. The second kappa shape index (κ2) is 10.9. The minimum absolute atomic E-state index is 0.0645. The van der Waals surface area contributed by atoms with Gasteiger partial charge in [-0.2, -0.15) is 0 Å². The van der Waals surface area contributed by atoms with Crippen LogP contribution in [0.4, 0.5) is 0 Å². The van der Waals surface area contributed by atoms with Crippen LogP contribution >= 0.6 is 0 Å². The van der Waals surface area contributed by atoms with Crippen LogP contribution in [0.5, 0.6) is 0 Å². The van der Waals surface area contributed by atoms with Crippen LogP contribution in [0.25, 0.3) is 0 Å². The molecular formula is C28H43N3O2. The third kappa shape index (κ3) is 6.26. The fraction of sp³-hybridized carbons (Fsp3) is 0.643. The molecule has 5 heteroatoms. The highest BCUT2D eigenvalue weighted by atomic mass is 16.2. The molecule has 3 rings (SSSR count). The molecular weight excluding hydrogens is 410 g/mol. The van der Waals surface area contributed by atoms with E-state index in [4.69, 9.17) is 0 Å². The van der Waals surface area contributed by atoms with Crippen LogP contribution < -0.4 is 10.6 Å². The molecule has 0 radical (unpaired) electrons. The Hall–Kier alpha value is -2.14. The Morgan fingerprint density at radius 3 is 2.42 bits per heavy atom. The molecule has 1 fully saturated rings. The van der Waals surface area contributed by atoms with E-state index in [9.17, 15) is 9.59 Å². The van der Waals surface area contributed by atoms with E-state index in [1.165, 1.54) is 43.7 Å². The van der Waals surface area contributed by atoms with Crippen molar-refractivity contribution < 1.29 is 9.59 Å². The quantitative estimate of drug-likeness (QED) is 0.455. The van der Waals surface area contributed by atoms with Gasteiger partial charge in [0.1, 0.15) is 5.54 Å². The zero-order chi connectivity index (χ0) is 24.1. The van der Waals surface area contributed by atoms with Gasteiger partial charge in [0.2, 0.25) is 11.8 Å². The summed E-state index contributed by atoms with van der Waals surface area (Å²) in [6, 6.07) is 9.37. The third-order valence-electron chi connectivity index (χ3n) is 7.29. The molecule has 33 heavy (non-hydrogen) atoms. The molecule has 2 aliphatic rings. The van der Waals surface area contributed by atoms with Crippen LogP contribution in [-0.2, 0) is 16.0 Å². The van der Waals surface area contributed by atoms with Gasteiger partial charge in [-0.25, -0.2) is 0 Å². The number of aryl methyl sites for hydroxylation is 1. The van der Waals surface area contributed by atoms with E-state index in [0.29, 0.717) is 18.9 Å². The van der Waals surface area contributed by atoms with Crippen LogP contribution in [0.2, 0.25) is 0 Å². The van der Waals surface area contributed by atoms with E-state index in [0.717, 1.165) is 25.9 Å². The Balaban J connectivity index is 1.82. The summed E-state index contributed by atoms with van der Waals surface area (Å²) in [5.74, 6) is -0.116. The standard InChI is InChI=1S/C28H43N3O2/c1-6-7-18-28(29-21(2)32,26(33)30-27(3,4)5)23-16-19-31(20-17-23)25-15-11-9-13-22-12-8-10-14-24(22)25/h6,8,10,12,14,23,25H,1,7,9,11,13,15-20H2,2-5H3,(H,29,32)(H,30,33). The molecule has 0 bridgehead atoms. The number of likely N-dealkylation sites (tertiary alicyclic amines) is 1. The van der Waals surface area contributed by atoms with Gasteiger partial charge in [0.05, 0.1) is 0 Å². The Labute approximate surface area is 200 Å². The van der Waals surface area contributed by atoms with Crippen molar-refractivity contribution in [1.29, 1.82) is 0 Å². The molecule has 2 amide bonds. The first-order valence-electron chi connectivity index (χ1n) is 12.7. The van der Waals surface area contributed by atoms with Gasteiger partial charge in [-0.3, -0.25) is 14.5 Å². The lowest BCUT2D eigenvalue weighted by Gasteiger charge is -2.46. The SMILES string of the molecule is C=CCCC(NC(C)=O)(C(=O)NC(C)(C)C)C1CCN(C2CCCCc3ccccc32)CC1. The maximum Gasteiger partial charge on any atom is 0.246 e. The summed E-state index contributed by atoms with van der Waals surface area (Å²) in [6.45, 7) is 13.3. The monoisotopic (exact) mass is 453 g/mol. The number of benzene rings is 1. The second-order valence-corrected chi connectivity index (χ2v) is 11.0. The van der Waals surface area contributed by atoms with Crippen molar-refractivity contribution in [1.82, 2.24) is 15.5 Å². The number of nitrogens with one attached hydrogen (secondary N) is 2. The van der Waals surface area contributed by atoms with Gasteiger partial charge in [0.15, 0.2) is 0 Å². The number of allylic oxidation sites excluding steroid dienone is 1. The first-order chi connectivity index (χ1) is 15.7. The Morgan fingerprint density at radius 1 is 1.09 bits per heavy atom. The summed E-state index contributed by atoms with van der Waals surface area (Å²) in [5, 5.41) is 6.29. The Morgan fingerprint density at radius 2 is 1.79 bits per heavy atom. The number of piperidine rings is 1. The van der Waals surface area contributed by atoms with Crippen LogP contribution in [0.3, 0.4) is 0 Å². The lowest BCUT2D eigenvalue weighted by molar-refractivity contribution is -0.138. The zero-order valence-electron chi connectivity index (χ0n) is 21.1. The minimum atomic E-state index is -0.902. The number of hydrogen-bond donors (Lipinski definition) is 2. The van der Waals surface area contributed by atoms with Crippen molar-refractivity contribution in [3.8, 4) is 0 Å². The van der Waals surface area contributed by atoms with Crippen molar-refractivity contribution in [3.05, 3.63) is 48.0 Å². The minimum Gasteiger partial charge on any atom is -0.349 e. The molecule has 5 nitrogen and oxygen atoms in total. The largest absolute Gasteiger partial charge is 0.349 e. The molecule has 182 valence electrons. The maximum atomic E-state index is 13.6. The zero-order valence-corrected chi connectivity index (χ0v) is 21.1. The Bertz CT molecular complexity index is 836. The number of carbonyl (C=O) groups is 2. The maximum absolute atomic E-state index is 13.6. The van der Waals surface area contributed by atoms with Gasteiger partial charge < -0.3 is 10.6 Å². The van der Waals surface area contributed by atoms with Crippen molar-refractivity contribution >= 4 is 11.8 Å². The van der Waals surface area contributed by atoms with Gasteiger partial charge in [-0.05, 0) is 95.9 Å². The van der Waals surface area contributed by atoms with Crippen molar-refractivity contribution in [2.45, 2.75) is 96.2 Å². The summed E-state index contributed by atoms with van der Waals surface area (Å²) < 4.78 is 0. The summed E-state index contributed by atoms with van der Waals surface area (Å²) in [5.41, 5.74) is 1.71. The lowest BCUT2D eigenvalue weighted by Crippen LogP contribution is -2.66. The van der Waals surface area contributed by atoms with E-state index >= 15 is 0 Å². The summed E-state index contributed by atoms with van der Waals surface area (Å²) >= 11 is 0. The highest BCUT2D eigenvalue weighted by molar-refractivity contribution is 5.91. The van der Waals surface area contributed by atoms with E-state index in [1.54, 1.807) is 0 Å². The molecule has 0 aromatic heterocycles. The molecule has 1 aromatic carbocycles. The molecule has 0 spiro atoms. The summed E-state index contributed by atoms with van der Waals surface area (Å²) in [7, 11) is 0. The normalized spacial score (nSPS) is 21.9. The molecule has 1 saturated heterocycles. The summed E-state index contributed by atoms with van der Waals surface area (Å²) in [4.78, 5) is 28.6. The Kier molecular flexibility index (Phi) is 8.38. The van der Waals surface area contributed by atoms with Gasteiger partial charge in [-0.1, -0.05) is 36.8 Å². The average molecular weight is 454 g/mol.